The molecule has 1 fully saturated rings. The van der Waals surface area contributed by atoms with Gasteiger partial charge in [0.15, 0.2) is 0 Å². The third-order valence-corrected chi connectivity index (χ3v) is 4.70. The summed E-state index contributed by atoms with van der Waals surface area (Å²) in [6.07, 6.45) is 1.19. The summed E-state index contributed by atoms with van der Waals surface area (Å²) in [4.78, 5) is 23.9. The number of benzene rings is 1. The lowest BCUT2D eigenvalue weighted by Crippen LogP contribution is -2.49. The van der Waals surface area contributed by atoms with Gasteiger partial charge in [0.25, 0.3) is 0 Å². The monoisotopic (exact) mass is 381 g/mol. The van der Waals surface area contributed by atoms with Crippen LogP contribution >= 0.6 is 15.9 Å². The lowest BCUT2D eigenvalue weighted by molar-refractivity contribution is -0.123. The van der Waals surface area contributed by atoms with E-state index < -0.39 is 0 Å². The third-order valence-electron chi connectivity index (χ3n) is 4.17. The minimum Gasteiger partial charge on any atom is -0.353 e. The van der Waals surface area contributed by atoms with Crippen molar-refractivity contribution in [3.05, 3.63) is 34.3 Å². The number of nitrogens with one attached hydrogen (secondary N) is 3. The first-order valence-corrected chi connectivity index (χ1v) is 8.77. The quantitative estimate of drug-likeness (QED) is 0.731. The van der Waals surface area contributed by atoms with Crippen LogP contribution in [0.4, 0.5) is 0 Å². The lowest BCUT2D eigenvalue weighted by atomic mass is 9.94. The second-order valence-corrected chi connectivity index (χ2v) is 7.07. The van der Waals surface area contributed by atoms with Crippen LogP contribution in [0.25, 0.3) is 0 Å². The number of rotatable bonds is 5. The van der Waals surface area contributed by atoms with Gasteiger partial charge in [-0.3, -0.25) is 9.59 Å². The number of carbonyl (C=O) groups is 2. The fourth-order valence-corrected chi connectivity index (χ4v) is 3.14. The van der Waals surface area contributed by atoms with Gasteiger partial charge >= 0.3 is 0 Å². The second kappa shape index (κ2) is 8.45. The molecule has 1 aromatic carbocycles. The minimum absolute atomic E-state index is 0.0228. The van der Waals surface area contributed by atoms with Crippen LogP contribution in [-0.2, 0) is 9.59 Å². The largest absolute Gasteiger partial charge is 0.353 e. The molecule has 5 nitrogen and oxygen atoms in total. The lowest BCUT2D eigenvalue weighted by Gasteiger charge is -2.30. The number of amides is 2. The van der Waals surface area contributed by atoms with Crippen LogP contribution in [0, 0.1) is 5.92 Å². The second-order valence-electron chi connectivity index (χ2n) is 6.15. The molecule has 126 valence electrons. The molecule has 1 aliphatic rings. The molecule has 0 saturated carbocycles. The summed E-state index contributed by atoms with van der Waals surface area (Å²) in [5, 5.41) is 9.30. The summed E-state index contributed by atoms with van der Waals surface area (Å²) in [6, 6.07) is 7.56. The SMILES string of the molecule is CC(=O)NC(CC(=O)NC1CCNCC1C)c1ccc(Br)cc1. The molecule has 6 heteroatoms. The summed E-state index contributed by atoms with van der Waals surface area (Å²) < 4.78 is 0.968. The van der Waals surface area contributed by atoms with Crippen LogP contribution in [0.5, 0.6) is 0 Å². The van der Waals surface area contributed by atoms with E-state index in [9.17, 15) is 9.59 Å². The molecule has 0 spiro atoms. The van der Waals surface area contributed by atoms with Gasteiger partial charge in [-0.15, -0.1) is 0 Å². The summed E-state index contributed by atoms with van der Waals surface area (Å²) in [5.41, 5.74) is 0.928. The van der Waals surface area contributed by atoms with Crippen molar-refractivity contribution in [2.45, 2.75) is 38.8 Å². The Hall–Kier alpha value is -1.40. The van der Waals surface area contributed by atoms with E-state index >= 15 is 0 Å². The molecule has 0 bridgehead atoms. The summed E-state index contributed by atoms with van der Waals surface area (Å²) in [6.45, 7) is 5.46. The Morgan fingerprint density at radius 3 is 2.65 bits per heavy atom. The van der Waals surface area contributed by atoms with Crippen molar-refractivity contribution in [1.29, 1.82) is 0 Å². The van der Waals surface area contributed by atoms with Crippen LogP contribution in [-0.4, -0.2) is 30.9 Å². The Morgan fingerprint density at radius 1 is 1.35 bits per heavy atom. The molecular formula is C17H24BrN3O2. The molecule has 0 radical (unpaired) electrons. The molecule has 3 unspecified atom stereocenters. The fraction of sp³-hybridized carbons (Fsp3) is 0.529. The van der Waals surface area contributed by atoms with Gasteiger partial charge in [0.1, 0.15) is 0 Å². The maximum absolute atomic E-state index is 12.4. The van der Waals surface area contributed by atoms with Gasteiger partial charge in [0, 0.05) is 17.4 Å². The Kier molecular flexibility index (Phi) is 6.59. The van der Waals surface area contributed by atoms with Crippen molar-refractivity contribution in [2.75, 3.05) is 13.1 Å². The maximum atomic E-state index is 12.4. The predicted octanol–water partition coefficient (Wildman–Crippen LogP) is 2.13. The van der Waals surface area contributed by atoms with E-state index in [0.29, 0.717) is 5.92 Å². The van der Waals surface area contributed by atoms with Crippen molar-refractivity contribution in [2.24, 2.45) is 5.92 Å². The molecule has 1 saturated heterocycles. The normalized spacial score (nSPS) is 22.2. The topological polar surface area (TPSA) is 70.2 Å². The van der Waals surface area contributed by atoms with Crippen molar-refractivity contribution in [1.82, 2.24) is 16.0 Å². The highest BCUT2D eigenvalue weighted by atomic mass is 79.9. The number of hydrogen-bond acceptors (Lipinski definition) is 3. The number of halogens is 1. The molecule has 3 atom stereocenters. The predicted molar refractivity (Wildman–Crippen MR) is 93.9 cm³/mol. The molecule has 2 amide bonds. The van der Waals surface area contributed by atoms with Crippen LogP contribution in [0.2, 0.25) is 0 Å². The standard InChI is InChI=1S/C17H24BrN3O2/c1-11-10-19-8-7-15(11)21-17(23)9-16(20-12(2)22)13-3-5-14(18)6-4-13/h3-6,11,15-16,19H,7-10H2,1-2H3,(H,20,22)(H,21,23). The molecule has 1 heterocycles. The Bertz CT molecular complexity index is 547. The molecule has 0 aromatic heterocycles. The van der Waals surface area contributed by atoms with E-state index in [4.69, 9.17) is 0 Å². The number of hydrogen-bond donors (Lipinski definition) is 3. The average molecular weight is 382 g/mol. The summed E-state index contributed by atoms with van der Waals surface area (Å²) >= 11 is 3.40. The molecule has 1 aliphatic heterocycles. The molecular weight excluding hydrogens is 358 g/mol. The van der Waals surface area contributed by atoms with Crippen LogP contribution in [0.3, 0.4) is 0 Å². The zero-order valence-corrected chi connectivity index (χ0v) is 15.2. The summed E-state index contributed by atoms with van der Waals surface area (Å²) in [5.74, 6) is 0.256. The van der Waals surface area contributed by atoms with Crippen LogP contribution < -0.4 is 16.0 Å². The number of piperidine rings is 1. The molecule has 0 aliphatic carbocycles. The molecule has 23 heavy (non-hydrogen) atoms. The maximum Gasteiger partial charge on any atom is 0.222 e. The molecule has 2 rings (SSSR count). The van der Waals surface area contributed by atoms with E-state index in [2.05, 4.69) is 38.8 Å². The van der Waals surface area contributed by atoms with E-state index in [1.807, 2.05) is 24.3 Å². The van der Waals surface area contributed by atoms with Crippen molar-refractivity contribution in [3.8, 4) is 0 Å². The van der Waals surface area contributed by atoms with Gasteiger partial charge in [-0.2, -0.15) is 0 Å². The Balaban J connectivity index is 2.00. The van der Waals surface area contributed by atoms with Crippen LogP contribution in [0.15, 0.2) is 28.7 Å². The van der Waals surface area contributed by atoms with Gasteiger partial charge in [-0.05, 0) is 43.1 Å². The molecule has 1 aromatic rings. The Labute approximate surface area is 145 Å². The first-order valence-electron chi connectivity index (χ1n) is 7.98. The number of carbonyl (C=O) groups excluding carboxylic acids is 2. The molecule has 3 N–H and O–H groups in total. The van der Waals surface area contributed by atoms with E-state index in [1.54, 1.807) is 0 Å². The van der Waals surface area contributed by atoms with Crippen molar-refractivity contribution < 1.29 is 9.59 Å². The van der Waals surface area contributed by atoms with Gasteiger partial charge in [0.2, 0.25) is 11.8 Å². The van der Waals surface area contributed by atoms with E-state index in [-0.39, 0.29) is 30.3 Å². The highest BCUT2D eigenvalue weighted by Gasteiger charge is 2.24. The fourth-order valence-electron chi connectivity index (χ4n) is 2.87. The van der Waals surface area contributed by atoms with Crippen molar-refractivity contribution >= 4 is 27.7 Å². The highest BCUT2D eigenvalue weighted by molar-refractivity contribution is 9.10. The highest BCUT2D eigenvalue weighted by Crippen LogP contribution is 2.20. The van der Waals surface area contributed by atoms with Gasteiger partial charge in [-0.1, -0.05) is 35.0 Å². The third kappa shape index (κ3) is 5.62. The minimum atomic E-state index is -0.308. The van der Waals surface area contributed by atoms with Crippen molar-refractivity contribution in [3.63, 3.8) is 0 Å². The van der Waals surface area contributed by atoms with Gasteiger partial charge in [0.05, 0.1) is 12.5 Å². The summed E-state index contributed by atoms with van der Waals surface area (Å²) in [7, 11) is 0. The zero-order chi connectivity index (χ0) is 16.8. The van der Waals surface area contributed by atoms with E-state index in [1.165, 1.54) is 6.92 Å². The first kappa shape index (κ1) is 17.9. The Morgan fingerprint density at radius 2 is 2.04 bits per heavy atom. The smallest absolute Gasteiger partial charge is 0.222 e. The average Bonchev–Trinajstić information content (AvgIpc) is 2.49. The first-order chi connectivity index (χ1) is 11.0. The van der Waals surface area contributed by atoms with Gasteiger partial charge < -0.3 is 16.0 Å². The van der Waals surface area contributed by atoms with E-state index in [0.717, 1.165) is 29.5 Å². The zero-order valence-electron chi connectivity index (χ0n) is 13.6. The van der Waals surface area contributed by atoms with Crippen LogP contribution in [0.1, 0.15) is 38.3 Å². The van der Waals surface area contributed by atoms with Gasteiger partial charge in [-0.25, -0.2) is 0 Å².